The van der Waals surface area contributed by atoms with Crippen molar-refractivity contribution < 1.29 is 19.1 Å². The summed E-state index contributed by atoms with van der Waals surface area (Å²) in [5.74, 6) is 0.847. The van der Waals surface area contributed by atoms with Gasteiger partial charge in [0.2, 0.25) is 0 Å². The Morgan fingerprint density at radius 1 is 1.10 bits per heavy atom. The van der Waals surface area contributed by atoms with Crippen molar-refractivity contribution in [1.82, 2.24) is 10.6 Å². The maximum atomic E-state index is 12.6. The van der Waals surface area contributed by atoms with Crippen LogP contribution in [0.3, 0.4) is 0 Å². The first kappa shape index (κ1) is 22.0. The highest BCUT2D eigenvalue weighted by Gasteiger charge is 2.23. The van der Waals surface area contributed by atoms with Gasteiger partial charge in [0, 0.05) is 23.7 Å². The normalized spacial score (nSPS) is 13.1. The van der Waals surface area contributed by atoms with Crippen molar-refractivity contribution in [2.75, 3.05) is 13.7 Å². The summed E-state index contributed by atoms with van der Waals surface area (Å²) in [6, 6.07) is 10.7. The van der Waals surface area contributed by atoms with Crippen molar-refractivity contribution in [3.05, 3.63) is 58.1 Å². The van der Waals surface area contributed by atoms with Crippen LogP contribution in [-0.4, -0.2) is 31.6 Å². The summed E-state index contributed by atoms with van der Waals surface area (Å²) >= 11 is 6.32. The van der Waals surface area contributed by atoms with E-state index in [1.165, 1.54) is 7.11 Å². The van der Waals surface area contributed by atoms with Gasteiger partial charge in [0.05, 0.1) is 18.7 Å². The SMILES string of the molecule is COc1cc(C(=O)NCc2ccc(C(=O)NC3CC3)cc2)cc(Cl)c1OCC(C)C. The van der Waals surface area contributed by atoms with Crippen LogP contribution < -0.4 is 20.1 Å². The van der Waals surface area contributed by atoms with Crippen molar-refractivity contribution in [1.29, 1.82) is 0 Å². The van der Waals surface area contributed by atoms with E-state index in [4.69, 9.17) is 21.1 Å². The number of carbonyl (C=O) groups excluding carboxylic acids is 2. The third-order valence-corrected chi connectivity index (χ3v) is 4.92. The van der Waals surface area contributed by atoms with E-state index in [2.05, 4.69) is 10.6 Å². The summed E-state index contributed by atoms with van der Waals surface area (Å²) in [7, 11) is 1.51. The summed E-state index contributed by atoms with van der Waals surface area (Å²) in [5, 5.41) is 6.14. The molecule has 7 heteroatoms. The van der Waals surface area contributed by atoms with Crippen molar-refractivity contribution in [2.45, 2.75) is 39.3 Å². The molecule has 0 radical (unpaired) electrons. The molecule has 2 amide bonds. The Kier molecular flexibility index (Phi) is 7.21. The van der Waals surface area contributed by atoms with E-state index in [1.807, 2.05) is 26.0 Å². The number of methoxy groups -OCH3 is 1. The highest BCUT2D eigenvalue weighted by molar-refractivity contribution is 6.32. The van der Waals surface area contributed by atoms with Crippen LogP contribution in [0.4, 0.5) is 0 Å². The van der Waals surface area contributed by atoms with Crippen LogP contribution in [0.25, 0.3) is 0 Å². The number of hydrogen-bond acceptors (Lipinski definition) is 4. The molecule has 0 heterocycles. The van der Waals surface area contributed by atoms with Crippen LogP contribution in [0, 0.1) is 5.92 Å². The zero-order chi connectivity index (χ0) is 21.7. The molecule has 2 aromatic rings. The van der Waals surface area contributed by atoms with E-state index in [1.54, 1.807) is 24.3 Å². The Morgan fingerprint density at radius 2 is 1.80 bits per heavy atom. The van der Waals surface area contributed by atoms with Crippen LogP contribution in [0.5, 0.6) is 11.5 Å². The average molecular weight is 431 g/mol. The Hall–Kier alpha value is -2.73. The fraction of sp³-hybridized carbons (Fsp3) is 0.391. The molecule has 6 nitrogen and oxygen atoms in total. The second-order valence-corrected chi connectivity index (χ2v) is 8.23. The zero-order valence-corrected chi connectivity index (χ0v) is 18.2. The van der Waals surface area contributed by atoms with Gasteiger partial charge in [-0.15, -0.1) is 0 Å². The zero-order valence-electron chi connectivity index (χ0n) is 17.5. The van der Waals surface area contributed by atoms with Gasteiger partial charge in [-0.25, -0.2) is 0 Å². The predicted molar refractivity (Wildman–Crippen MR) is 116 cm³/mol. The smallest absolute Gasteiger partial charge is 0.251 e. The lowest BCUT2D eigenvalue weighted by molar-refractivity contribution is 0.0941. The molecule has 3 rings (SSSR count). The highest BCUT2D eigenvalue weighted by atomic mass is 35.5. The third-order valence-electron chi connectivity index (χ3n) is 4.63. The first-order valence-corrected chi connectivity index (χ1v) is 10.4. The number of benzene rings is 2. The minimum absolute atomic E-state index is 0.0606. The lowest BCUT2D eigenvalue weighted by Gasteiger charge is -2.15. The Bertz CT molecular complexity index is 908. The van der Waals surface area contributed by atoms with E-state index in [0.717, 1.165) is 18.4 Å². The molecule has 160 valence electrons. The van der Waals surface area contributed by atoms with Crippen molar-refractivity contribution in [3.8, 4) is 11.5 Å². The first-order valence-electron chi connectivity index (χ1n) is 10.1. The van der Waals surface area contributed by atoms with Gasteiger partial charge in [-0.1, -0.05) is 37.6 Å². The second-order valence-electron chi connectivity index (χ2n) is 7.82. The van der Waals surface area contributed by atoms with Crippen molar-refractivity contribution >= 4 is 23.4 Å². The van der Waals surface area contributed by atoms with E-state index in [9.17, 15) is 9.59 Å². The summed E-state index contributed by atoms with van der Waals surface area (Å²) < 4.78 is 11.1. The molecule has 1 aliphatic carbocycles. The molecule has 1 saturated carbocycles. The van der Waals surface area contributed by atoms with Gasteiger partial charge in [-0.05, 0) is 48.6 Å². The number of carbonyl (C=O) groups is 2. The van der Waals surface area contributed by atoms with Gasteiger partial charge in [0.15, 0.2) is 11.5 Å². The average Bonchev–Trinajstić information content (AvgIpc) is 3.54. The summed E-state index contributed by atoms with van der Waals surface area (Å²) in [5.41, 5.74) is 1.89. The minimum atomic E-state index is -0.277. The van der Waals surface area contributed by atoms with Gasteiger partial charge in [-0.2, -0.15) is 0 Å². The fourth-order valence-corrected chi connectivity index (χ4v) is 3.06. The maximum Gasteiger partial charge on any atom is 0.251 e. The van der Waals surface area contributed by atoms with E-state index >= 15 is 0 Å². The van der Waals surface area contributed by atoms with Crippen LogP contribution in [-0.2, 0) is 6.54 Å². The van der Waals surface area contributed by atoms with Gasteiger partial charge < -0.3 is 20.1 Å². The van der Waals surface area contributed by atoms with Gasteiger partial charge >= 0.3 is 0 Å². The third kappa shape index (κ3) is 5.89. The summed E-state index contributed by atoms with van der Waals surface area (Å²) in [6.07, 6.45) is 2.10. The summed E-state index contributed by atoms with van der Waals surface area (Å²) in [6.45, 7) is 4.90. The first-order chi connectivity index (χ1) is 14.4. The van der Waals surface area contributed by atoms with Gasteiger partial charge in [-0.3, -0.25) is 9.59 Å². The number of hydrogen-bond donors (Lipinski definition) is 2. The lowest BCUT2D eigenvalue weighted by atomic mass is 10.1. The molecule has 30 heavy (non-hydrogen) atoms. The van der Waals surface area contributed by atoms with Crippen molar-refractivity contribution in [3.63, 3.8) is 0 Å². The van der Waals surface area contributed by atoms with E-state index in [0.29, 0.717) is 52.8 Å². The minimum Gasteiger partial charge on any atom is -0.493 e. The Balaban J connectivity index is 1.61. The summed E-state index contributed by atoms with van der Waals surface area (Å²) in [4.78, 5) is 24.6. The maximum absolute atomic E-state index is 12.6. The molecule has 2 N–H and O–H groups in total. The van der Waals surface area contributed by atoms with Crippen LogP contribution >= 0.6 is 11.6 Å². The number of amides is 2. The molecular weight excluding hydrogens is 404 g/mol. The molecule has 0 aliphatic heterocycles. The Morgan fingerprint density at radius 3 is 2.40 bits per heavy atom. The molecule has 2 aromatic carbocycles. The Labute approximate surface area is 181 Å². The largest absolute Gasteiger partial charge is 0.493 e. The molecule has 0 bridgehead atoms. The number of nitrogens with one attached hydrogen (secondary N) is 2. The molecule has 0 aromatic heterocycles. The number of ether oxygens (including phenoxy) is 2. The van der Waals surface area contributed by atoms with E-state index < -0.39 is 0 Å². The molecule has 1 fully saturated rings. The highest BCUT2D eigenvalue weighted by Crippen LogP contribution is 2.36. The molecule has 0 atom stereocenters. The molecule has 0 spiro atoms. The van der Waals surface area contributed by atoms with Crippen molar-refractivity contribution in [2.24, 2.45) is 5.92 Å². The fourth-order valence-electron chi connectivity index (χ4n) is 2.80. The molecular formula is C23H27ClN2O4. The molecule has 0 unspecified atom stereocenters. The number of rotatable bonds is 9. The number of halogens is 1. The molecule has 1 aliphatic rings. The van der Waals surface area contributed by atoms with Gasteiger partial charge in [0.1, 0.15) is 0 Å². The lowest BCUT2D eigenvalue weighted by Crippen LogP contribution is -2.25. The van der Waals surface area contributed by atoms with Gasteiger partial charge in [0.25, 0.3) is 11.8 Å². The topological polar surface area (TPSA) is 76.7 Å². The van der Waals surface area contributed by atoms with Crippen LogP contribution in [0.1, 0.15) is 53.0 Å². The van der Waals surface area contributed by atoms with Crippen LogP contribution in [0.2, 0.25) is 5.02 Å². The second kappa shape index (κ2) is 9.85. The molecule has 0 saturated heterocycles. The quantitative estimate of drug-likeness (QED) is 0.624. The monoisotopic (exact) mass is 430 g/mol. The standard InChI is InChI=1S/C23H27ClN2O4/c1-14(2)13-30-21-19(24)10-17(11-20(21)29-3)22(27)25-12-15-4-6-16(7-5-15)23(28)26-18-8-9-18/h4-7,10-11,14,18H,8-9,12-13H2,1-3H3,(H,25,27)(H,26,28). The van der Waals surface area contributed by atoms with Crippen LogP contribution in [0.15, 0.2) is 36.4 Å². The predicted octanol–water partition coefficient (Wildman–Crippen LogP) is 4.21. The van der Waals surface area contributed by atoms with E-state index in [-0.39, 0.29) is 11.8 Å².